The van der Waals surface area contributed by atoms with Crippen molar-refractivity contribution in [2.24, 2.45) is 0 Å². The molecule has 0 aliphatic carbocycles. The predicted molar refractivity (Wildman–Crippen MR) is 91.0 cm³/mol. The number of ether oxygens (including phenoxy) is 1. The van der Waals surface area contributed by atoms with E-state index in [0.717, 1.165) is 4.90 Å². The molecule has 0 radical (unpaired) electrons. The van der Waals surface area contributed by atoms with Gasteiger partial charge in [-0.1, -0.05) is 11.8 Å². The van der Waals surface area contributed by atoms with Gasteiger partial charge in [-0.25, -0.2) is 0 Å². The number of rotatable bonds is 6. The molecule has 0 aliphatic heterocycles. The van der Waals surface area contributed by atoms with Crippen LogP contribution in [0.4, 0.5) is 14.5 Å². The second kappa shape index (κ2) is 8.21. The van der Waals surface area contributed by atoms with E-state index in [-0.39, 0.29) is 5.91 Å². The van der Waals surface area contributed by atoms with Crippen LogP contribution in [-0.2, 0) is 0 Å². The van der Waals surface area contributed by atoms with Crippen LogP contribution in [0.1, 0.15) is 10.4 Å². The van der Waals surface area contributed by atoms with Crippen LogP contribution in [-0.4, -0.2) is 25.0 Å². The van der Waals surface area contributed by atoms with Gasteiger partial charge in [0.1, 0.15) is 5.75 Å². The van der Waals surface area contributed by atoms with Crippen molar-refractivity contribution in [3.63, 3.8) is 0 Å². The molecule has 0 unspecified atom stereocenters. The summed E-state index contributed by atoms with van der Waals surface area (Å²) in [4.78, 5) is 13.8. The fourth-order valence-electron chi connectivity index (χ4n) is 1.90. The van der Waals surface area contributed by atoms with Gasteiger partial charge in [-0.15, -0.1) is 11.8 Å². The van der Waals surface area contributed by atoms with Gasteiger partial charge in [-0.05, 0) is 48.7 Å². The van der Waals surface area contributed by atoms with Crippen LogP contribution >= 0.6 is 23.5 Å². The highest BCUT2D eigenvalue weighted by Gasteiger charge is 2.13. The summed E-state index contributed by atoms with van der Waals surface area (Å²) in [7, 11) is 1.51. The first-order valence-corrected chi connectivity index (χ1v) is 8.72. The van der Waals surface area contributed by atoms with Gasteiger partial charge in [0.25, 0.3) is 11.7 Å². The first-order valence-electron chi connectivity index (χ1n) is 6.61. The second-order valence-corrected chi connectivity index (χ2v) is 6.37. The smallest absolute Gasteiger partial charge is 0.288 e. The third kappa shape index (κ3) is 4.87. The zero-order chi connectivity index (χ0) is 16.8. The molecule has 2 aromatic rings. The molecule has 0 aromatic heterocycles. The number of hydrogen-bond donors (Lipinski definition) is 1. The van der Waals surface area contributed by atoms with Gasteiger partial charge in [0, 0.05) is 15.5 Å². The zero-order valence-corrected chi connectivity index (χ0v) is 14.1. The number of methoxy groups -OCH3 is 1. The monoisotopic (exact) mass is 355 g/mol. The summed E-state index contributed by atoms with van der Waals surface area (Å²) in [6.45, 7) is 0. The summed E-state index contributed by atoms with van der Waals surface area (Å²) in [5, 5.41) is 2.73. The molecule has 2 aromatic carbocycles. The van der Waals surface area contributed by atoms with Crippen molar-refractivity contribution in [2.45, 2.75) is 15.5 Å². The first-order chi connectivity index (χ1) is 11.0. The Morgan fingerprint density at radius 3 is 2.35 bits per heavy atom. The summed E-state index contributed by atoms with van der Waals surface area (Å²) in [6.07, 6.45) is 1.94. The number of anilines is 1. The molecule has 7 heteroatoms. The van der Waals surface area contributed by atoms with Gasteiger partial charge in [-0.3, -0.25) is 4.79 Å². The molecule has 1 N–H and O–H groups in total. The zero-order valence-electron chi connectivity index (χ0n) is 12.5. The van der Waals surface area contributed by atoms with E-state index >= 15 is 0 Å². The van der Waals surface area contributed by atoms with E-state index in [1.165, 1.54) is 7.11 Å². The molecule has 0 atom stereocenters. The van der Waals surface area contributed by atoms with Crippen molar-refractivity contribution in [2.75, 3.05) is 18.7 Å². The van der Waals surface area contributed by atoms with Gasteiger partial charge in [0.2, 0.25) is 0 Å². The molecule has 2 rings (SSSR count). The Hall–Kier alpha value is -1.73. The number of benzene rings is 2. The van der Waals surface area contributed by atoms with Gasteiger partial charge in [-0.2, -0.15) is 8.78 Å². The van der Waals surface area contributed by atoms with E-state index in [4.69, 9.17) is 4.74 Å². The molecule has 122 valence electrons. The van der Waals surface area contributed by atoms with E-state index in [1.807, 2.05) is 12.3 Å². The van der Waals surface area contributed by atoms with Crippen LogP contribution in [0.15, 0.2) is 52.3 Å². The van der Waals surface area contributed by atoms with Gasteiger partial charge in [0.05, 0.1) is 12.7 Å². The van der Waals surface area contributed by atoms with E-state index in [2.05, 4.69) is 5.32 Å². The Morgan fingerprint density at radius 2 is 1.78 bits per heavy atom. The van der Waals surface area contributed by atoms with Gasteiger partial charge in [0.15, 0.2) is 0 Å². The molecule has 0 saturated heterocycles. The lowest BCUT2D eigenvalue weighted by Crippen LogP contribution is -2.13. The van der Waals surface area contributed by atoms with Crippen molar-refractivity contribution < 1.29 is 18.3 Å². The quantitative estimate of drug-likeness (QED) is 0.742. The molecule has 0 aliphatic rings. The summed E-state index contributed by atoms with van der Waals surface area (Å²) in [6, 6.07) is 11.6. The minimum absolute atomic E-state index is 0.316. The Labute approximate surface area is 141 Å². The van der Waals surface area contributed by atoms with Gasteiger partial charge < -0.3 is 10.1 Å². The summed E-state index contributed by atoms with van der Waals surface area (Å²) in [5.74, 6) is -2.29. The Bertz CT molecular complexity index is 678. The molecular weight excluding hydrogens is 340 g/mol. The van der Waals surface area contributed by atoms with Crippen molar-refractivity contribution in [3.8, 4) is 5.75 Å². The Morgan fingerprint density at radius 1 is 1.13 bits per heavy atom. The van der Waals surface area contributed by atoms with Gasteiger partial charge >= 0.3 is 0 Å². The normalized spacial score (nSPS) is 10.7. The highest BCUT2D eigenvalue weighted by atomic mass is 32.2. The SMILES string of the molecule is COc1cc(SC)ccc1C(=O)Nc1ccc(SC(F)F)cc1. The molecule has 0 spiro atoms. The van der Waals surface area contributed by atoms with Crippen molar-refractivity contribution >= 4 is 35.1 Å². The highest BCUT2D eigenvalue weighted by Crippen LogP contribution is 2.28. The number of alkyl halides is 2. The molecule has 0 saturated carbocycles. The summed E-state index contributed by atoms with van der Waals surface area (Å²) in [5.41, 5.74) is 0.945. The lowest BCUT2D eigenvalue weighted by atomic mass is 10.2. The number of carbonyl (C=O) groups is 1. The largest absolute Gasteiger partial charge is 0.496 e. The molecule has 0 heterocycles. The number of nitrogens with one attached hydrogen (secondary N) is 1. The highest BCUT2D eigenvalue weighted by molar-refractivity contribution is 7.99. The van der Waals surface area contributed by atoms with Crippen LogP contribution in [0, 0.1) is 0 Å². The topological polar surface area (TPSA) is 38.3 Å². The third-order valence-electron chi connectivity index (χ3n) is 2.99. The molecule has 1 amide bonds. The standard InChI is InChI=1S/C16H15F2NO2S2/c1-21-14-9-12(22-2)7-8-13(14)15(20)19-10-3-5-11(6-4-10)23-16(17)18/h3-9,16H,1-2H3,(H,19,20). The van der Waals surface area contributed by atoms with Crippen molar-refractivity contribution in [3.05, 3.63) is 48.0 Å². The van der Waals surface area contributed by atoms with Crippen molar-refractivity contribution in [1.29, 1.82) is 0 Å². The number of halogens is 2. The van der Waals surface area contributed by atoms with E-state index < -0.39 is 5.76 Å². The molecular formula is C16H15F2NO2S2. The average molecular weight is 355 g/mol. The second-order valence-electron chi connectivity index (χ2n) is 4.42. The number of carbonyl (C=O) groups excluding carboxylic acids is 1. The lowest BCUT2D eigenvalue weighted by Gasteiger charge is -2.11. The molecule has 0 bridgehead atoms. The molecule has 3 nitrogen and oxygen atoms in total. The summed E-state index contributed by atoms with van der Waals surface area (Å²) >= 11 is 2.02. The van der Waals surface area contributed by atoms with Crippen LogP contribution in [0.25, 0.3) is 0 Å². The van der Waals surface area contributed by atoms with Crippen LogP contribution in [0.5, 0.6) is 5.75 Å². The summed E-state index contributed by atoms with van der Waals surface area (Å²) < 4.78 is 29.8. The maximum atomic E-state index is 12.3. The van der Waals surface area contributed by atoms with Crippen LogP contribution < -0.4 is 10.1 Å². The molecule has 23 heavy (non-hydrogen) atoms. The molecule has 0 fully saturated rings. The maximum absolute atomic E-state index is 12.3. The number of hydrogen-bond acceptors (Lipinski definition) is 4. The van der Waals surface area contributed by atoms with E-state index in [1.54, 1.807) is 48.2 Å². The Kier molecular flexibility index (Phi) is 6.29. The Balaban J connectivity index is 2.12. The maximum Gasteiger partial charge on any atom is 0.288 e. The number of thioether (sulfide) groups is 2. The predicted octanol–water partition coefficient (Wildman–Crippen LogP) is 4.98. The van der Waals surface area contributed by atoms with Crippen LogP contribution in [0.2, 0.25) is 0 Å². The van der Waals surface area contributed by atoms with Crippen molar-refractivity contribution in [1.82, 2.24) is 0 Å². The fourth-order valence-corrected chi connectivity index (χ4v) is 2.83. The van der Waals surface area contributed by atoms with E-state index in [9.17, 15) is 13.6 Å². The lowest BCUT2D eigenvalue weighted by molar-refractivity contribution is 0.102. The van der Waals surface area contributed by atoms with E-state index in [0.29, 0.717) is 33.7 Å². The fraction of sp³-hybridized carbons (Fsp3) is 0.188. The van der Waals surface area contributed by atoms with Crippen LogP contribution in [0.3, 0.4) is 0 Å². The number of amides is 1. The minimum Gasteiger partial charge on any atom is -0.496 e. The first kappa shape index (κ1) is 17.6. The third-order valence-corrected chi connectivity index (χ3v) is 4.44. The minimum atomic E-state index is -2.46. The average Bonchev–Trinajstić information content (AvgIpc) is 2.55.